The van der Waals surface area contributed by atoms with E-state index in [-0.39, 0.29) is 12.3 Å². The highest BCUT2D eigenvalue weighted by atomic mass is 35.5. The van der Waals surface area contributed by atoms with Gasteiger partial charge in [0.2, 0.25) is 11.6 Å². The molecule has 27 heavy (non-hydrogen) atoms. The quantitative estimate of drug-likeness (QED) is 0.554. The largest absolute Gasteiger partial charge is 0.415 e. The summed E-state index contributed by atoms with van der Waals surface area (Å²) >= 11 is 11.9. The Labute approximate surface area is 163 Å². The predicted octanol–water partition coefficient (Wildman–Crippen LogP) is 4.18. The number of halogens is 2. The highest BCUT2D eigenvalue weighted by Gasteiger charge is 2.12. The Morgan fingerprint density at radius 2 is 1.93 bits per heavy atom. The van der Waals surface area contributed by atoms with Crippen LogP contribution in [0.5, 0.6) is 0 Å². The normalized spacial score (nSPS) is 11.1. The molecule has 1 amide bonds. The third kappa shape index (κ3) is 3.79. The first-order chi connectivity index (χ1) is 13.0. The van der Waals surface area contributed by atoms with Crippen molar-refractivity contribution in [1.29, 1.82) is 0 Å². The number of hydrogen-bond donors (Lipinski definition) is 1. The number of nitrogens with one attached hydrogen (secondary N) is 1. The number of imidazole rings is 1. The topological polar surface area (TPSA) is 85.3 Å². The number of benzene rings is 1. The van der Waals surface area contributed by atoms with Gasteiger partial charge in [-0.1, -0.05) is 23.2 Å². The molecule has 0 atom stereocenters. The van der Waals surface area contributed by atoms with Crippen molar-refractivity contribution in [3.05, 3.63) is 64.2 Å². The van der Waals surface area contributed by atoms with Crippen LogP contribution in [0.3, 0.4) is 0 Å². The summed E-state index contributed by atoms with van der Waals surface area (Å²) in [5, 5.41) is 8.08. The van der Waals surface area contributed by atoms with Crippen molar-refractivity contribution >= 4 is 40.5 Å². The summed E-state index contributed by atoms with van der Waals surface area (Å²) in [5.41, 5.74) is 2.39. The fourth-order valence-electron chi connectivity index (χ4n) is 2.62. The van der Waals surface area contributed by atoms with Crippen LogP contribution < -0.4 is 5.32 Å². The monoisotopic (exact) mass is 401 g/mol. The predicted molar refractivity (Wildman–Crippen MR) is 102 cm³/mol. The molecule has 1 N–H and O–H groups in total. The summed E-state index contributed by atoms with van der Waals surface area (Å²) in [7, 11) is 0. The SMILES string of the molecule is Cc1ncc2oc(-c3ccc(NC(=O)Cc4cc(Cl)cc(Cl)c4)cn3)nn12. The van der Waals surface area contributed by atoms with Crippen LogP contribution in [0, 0.1) is 6.92 Å². The Balaban J connectivity index is 1.46. The lowest BCUT2D eigenvalue weighted by molar-refractivity contribution is -0.115. The maximum atomic E-state index is 12.2. The number of anilines is 1. The van der Waals surface area contributed by atoms with Crippen LogP contribution >= 0.6 is 23.2 Å². The summed E-state index contributed by atoms with van der Waals surface area (Å²) in [5.74, 6) is 0.905. The summed E-state index contributed by atoms with van der Waals surface area (Å²) in [6, 6.07) is 8.48. The second kappa shape index (κ2) is 7.02. The Bertz CT molecular complexity index is 1110. The molecule has 0 spiro atoms. The van der Waals surface area contributed by atoms with E-state index >= 15 is 0 Å². The molecule has 4 rings (SSSR count). The van der Waals surface area contributed by atoms with Gasteiger partial charge in [-0.25, -0.2) is 9.97 Å². The summed E-state index contributed by atoms with van der Waals surface area (Å²) in [6.07, 6.45) is 3.30. The molecule has 136 valence electrons. The fourth-order valence-corrected chi connectivity index (χ4v) is 3.19. The third-order valence-corrected chi connectivity index (χ3v) is 4.26. The minimum Gasteiger partial charge on any atom is -0.415 e. The van der Waals surface area contributed by atoms with Crippen LogP contribution in [0.2, 0.25) is 10.0 Å². The molecule has 0 saturated carbocycles. The smallest absolute Gasteiger partial charge is 0.264 e. The van der Waals surface area contributed by atoms with E-state index < -0.39 is 0 Å². The summed E-state index contributed by atoms with van der Waals surface area (Å²) in [6.45, 7) is 1.83. The maximum absolute atomic E-state index is 12.2. The molecular formula is C18H13Cl2N5O2. The zero-order chi connectivity index (χ0) is 19.0. The van der Waals surface area contributed by atoms with Crippen LogP contribution in [0.15, 0.2) is 47.1 Å². The Morgan fingerprint density at radius 3 is 2.59 bits per heavy atom. The van der Waals surface area contributed by atoms with E-state index in [9.17, 15) is 4.79 Å². The van der Waals surface area contributed by atoms with Gasteiger partial charge < -0.3 is 9.73 Å². The second-order valence-electron chi connectivity index (χ2n) is 5.90. The molecule has 1 aromatic carbocycles. The standard InChI is InChI=1S/C18H13Cl2N5O2/c1-10-21-9-17-25(10)24-18(27-17)15-3-2-14(8-22-15)23-16(26)6-11-4-12(19)7-13(20)5-11/h2-5,7-9H,6H2,1H3,(H,23,26). The van der Waals surface area contributed by atoms with Crippen molar-refractivity contribution < 1.29 is 9.21 Å². The van der Waals surface area contributed by atoms with Gasteiger partial charge in [0.1, 0.15) is 11.5 Å². The van der Waals surface area contributed by atoms with Gasteiger partial charge in [0.25, 0.3) is 5.89 Å². The number of pyridine rings is 1. The zero-order valence-corrected chi connectivity index (χ0v) is 15.6. The number of carbonyl (C=O) groups excluding carboxylic acids is 1. The molecule has 0 aliphatic rings. The average Bonchev–Trinajstić information content (AvgIpc) is 3.17. The second-order valence-corrected chi connectivity index (χ2v) is 6.77. The minimum absolute atomic E-state index is 0.152. The van der Waals surface area contributed by atoms with Crippen molar-refractivity contribution in [1.82, 2.24) is 19.6 Å². The number of aromatic nitrogens is 4. The number of carbonyl (C=O) groups is 1. The molecule has 4 aromatic rings. The Morgan fingerprint density at radius 1 is 1.15 bits per heavy atom. The molecular weight excluding hydrogens is 389 g/mol. The van der Waals surface area contributed by atoms with E-state index in [0.717, 1.165) is 11.4 Å². The summed E-state index contributed by atoms with van der Waals surface area (Å²) < 4.78 is 7.21. The lowest BCUT2D eigenvalue weighted by atomic mass is 10.1. The van der Waals surface area contributed by atoms with Crippen molar-refractivity contribution in [2.75, 3.05) is 5.32 Å². The van der Waals surface area contributed by atoms with Crippen molar-refractivity contribution in [2.24, 2.45) is 0 Å². The summed E-state index contributed by atoms with van der Waals surface area (Å²) in [4.78, 5) is 20.6. The molecule has 9 heteroatoms. The molecule has 0 saturated heterocycles. The third-order valence-electron chi connectivity index (χ3n) is 3.82. The minimum atomic E-state index is -0.199. The number of nitrogens with zero attached hydrogens (tertiary/aromatic N) is 4. The molecule has 0 radical (unpaired) electrons. The van der Waals surface area contributed by atoms with E-state index in [1.807, 2.05) is 6.92 Å². The Hall–Kier alpha value is -2.90. The van der Waals surface area contributed by atoms with Gasteiger partial charge in [0.15, 0.2) is 0 Å². The van der Waals surface area contributed by atoms with Gasteiger partial charge >= 0.3 is 0 Å². The van der Waals surface area contributed by atoms with Gasteiger partial charge in [-0.05, 0) is 42.8 Å². The molecule has 0 unspecified atom stereocenters. The van der Waals surface area contributed by atoms with Crippen LogP contribution in [-0.2, 0) is 11.2 Å². The van der Waals surface area contributed by atoms with Gasteiger partial charge in [0, 0.05) is 10.0 Å². The van der Waals surface area contributed by atoms with Gasteiger partial charge in [-0.15, -0.1) is 5.10 Å². The van der Waals surface area contributed by atoms with Gasteiger partial charge in [-0.3, -0.25) is 4.79 Å². The highest BCUT2D eigenvalue weighted by Crippen LogP contribution is 2.21. The number of rotatable bonds is 4. The maximum Gasteiger partial charge on any atom is 0.264 e. The van der Waals surface area contributed by atoms with Crippen LogP contribution in [0.25, 0.3) is 17.3 Å². The average molecular weight is 402 g/mol. The first-order valence-corrected chi connectivity index (χ1v) is 8.76. The molecule has 0 aliphatic heterocycles. The molecule has 0 aliphatic carbocycles. The van der Waals surface area contributed by atoms with Crippen LogP contribution in [-0.4, -0.2) is 25.5 Å². The van der Waals surface area contributed by atoms with E-state index in [4.69, 9.17) is 27.6 Å². The lowest BCUT2D eigenvalue weighted by Crippen LogP contribution is -2.14. The molecule has 3 aromatic heterocycles. The number of fused-ring (bicyclic) bond motifs is 1. The molecule has 3 heterocycles. The van der Waals surface area contributed by atoms with Crippen LogP contribution in [0.1, 0.15) is 11.4 Å². The highest BCUT2D eigenvalue weighted by molar-refractivity contribution is 6.34. The van der Waals surface area contributed by atoms with Gasteiger partial charge in [0.05, 0.1) is 24.5 Å². The molecule has 7 nitrogen and oxygen atoms in total. The van der Waals surface area contributed by atoms with E-state index in [2.05, 4.69) is 20.4 Å². The van der Waals surface area contributed by atoms with Crippen molar-refractivity contribution in [2.45, 2.75) is 13.3 Å². The Kier molecular flexibility index (Phi) is 4.55. The van der Waals surface area contributed by atoms with Crippen molar-refractivity contribution in [3.63, 3.8) is 0 Å². The first-order valence-electron chi connectivity index (χ1n) is 8.00. The number of amides is 1. The number of hydrogen-bond acceptors (Lipinski definition) is 5. The molecule has 0 bridgehead atoms. The lowest BCUT2D eigenvalue weighted by Gasteiger charge is -2.06. The van der Waals surface area contributed by atoms with Crippen molar-refractivity contribution in [3.8, 4) is 11.6 Å². The van der Waals surface area contributed by atoms with Crippen LogP contribution in [0.4, 0.5) is 5.69 Å². The fraction of sp³-hybridized carbons (Fsp3) is 0.111. The van der Waals surface area contributed by atoms with E-state index in [0.29, 0.717) is 33.0 Å². The number of aryl methyl sites for hydroxylation is 1. The molecule has 0 fully saturated rings. The first kappa shape index (κ1) is 17.5. The van der Waals surface area contributed by atoms with E-state index in [1.165, 1.54) is 0 Å². The zero-order valence-electron chi connectivity index (χ0n) is 14.1. The van der Waals surface area contributed by atoms with E-state index in [1.54, 1.807) is 47.2 Å². The van der Waals surface area contributed by atoms with Gasteiger partial charge in [-0.2, -0.15) is 4.52 Å².